The van der Waals surface area contributed by atoms with Crippen molar-refractivity contribution in [3.8, 4) is 17.1 Å². The van der Waals surface area contributed by atoms with Crippen LogP contribution in [0, 0.1) is 0 Å². The fourth-order valence-corrected chi connectivity index (χ4v) is 3.51. The number of hydrogen-bond donors (Lipinski definition) is 2. The van der Waals surface area contributed by atoms with Crippen molar-refractivity contribution in [1.82, 2.24) is 14.9 Å². The second kappa shape index (κ2) is 10.6. The van der Waals surface area contributed by atoms with E-state index < -0.39 is 5.60 Å². The molecule has 1 unspecified atom stereocenters. The molecule has 156 valence electrons. The molecule has 2 aromatic carbocycles. The fourth-order valence-electron chi connectivity index (χ4n) is 3.51. The molecule has 0 amide bonds. The van der Waals surface area contributed by atoms with Gasteiger partial charge < -0.3 is 19.7 Å². The summed E-state index contributed by atoms with van der Waals surface area (Å²) < 4.78 is 7.89. The third kappa shape index (κ3) is 5.97. The Morgan fingerprint density at radius 1 is 1.07 bits per heavy atom. The Balaban J connectivity index is 0.00000150. The predicted molar refractivity (Wildman–Crippen MR) is 120 cm³/mol. The highest BCUT2D eigenvalue weighted by atomic mass is 35.5. The lowest BCUT2D eigenvalue weighted by Crippen LogP contribution is -2.36. The number of β-amino-alcohol motifs (C(OH)–C–C–N with tert-alkyl or cyclic N) is 1. The van der Waals surface area contributed by atoms with Crippen molar-refractivity contribution >= 4 is 24.8 Å². The van der Waals surface area contributed by atoms with Gasteiger partial charge in [0.1, 0.15) is 11.6 Å². The Morgan fingerprint density at radius 2 is 1.83 bits per heavy atom. The van der Waals surface area contributed by atoms with Gasteiger partial charge in [-0.15, -0.1) is 24.8 Å². The maximum absolute atomic E-state index is 10.6. The van der Waals surface area contributed by atoms with Crippen molar-refractivity contribution in [3.63, 3.8) is 0 Å². The van der Waals surface area contributed by atoms with Crippen LogP contribution < -0.4 is 10.1 Å². The van der Waals surface area contributed by atoms with Crippen LogP contribution >= 0.6 is 24.8 Å². The molecule has 5 nitrogen and oxygen atoms in total. The summed E-state index contributed by atoms with van der Waals surface area (Å²) in [6, 6.07) is 18.3. The van der Waals surface area contributed by atoms with Crippen LogP contribution in [0.2, 0.25) is 0 Å². The van der Waals surface area contributed by atoms with Gasteiger partial charge in [0.25, 0.3) is 0 Å². The first-order chi connectivity index (χ1) is 13.2. The first kappa shape index (κ1) is 23.2. The Morgan fingerprint density at radius 3 is 2.52 bits per heavy atom. The summed E-state index contributed by atoms with van der Waals surface area (Å²) in [5, 5.41) is 13.9. The highest BCUT2D eigenvalue weighted by Gasteiger charge is 2.32. The van der Waals surface area contributed by atoms with Crippen LogP contribution in [0.3, 0.4) is 0 Å². The Hall–Kier alpha value is -2.05. The Kier molecular flexibility index (Phi) is 8.53. The van der Waals surface area contributed by atoms with E-state index in [1.165, 1.54) is 5.56 Å². The van der Waals surface area contributed by atoms with Crippen LogP contribution in [-0.4, -0.2) is 40.0 Å². The molecule has 7 heteroatoms. The number of imidazole rings is 1. The number of aliphatic hydroxyl groups is 1. The molecule has 1 aliphatic heterocycles. The van der Waals surface area contributed by atoms with Crippen LogP contribution in [0.15, 0.2) is 67.0 Å². The maximum atomic E-state index is 10.6. The standard InChI is InChI=1S/C22H25N3O2.2ClH/c26-22(11-12-23-16-22)17-25-14-13-24-21(25)19-6-8-20(9-7-19)27-15-10-18-4-2-1-3-5-18;;/h1-9,13-14,23,26H,10-12,15-17H2;2*1H. The monoisotopic (exact) mass is 435 g/mol. The van der Waals surface area contributed by atoms with Gasteiger partial charge >= 0.3 is 0 Å². The van der Waals surface area contributed by atoms with Gasteiger partial charge in [-0.1, -0.05) is 30.3 Å². The zero-order valence-electron chi connectivity index (χ0n) is 16.2. The summed E-state index contributed by atoms with van der Waals surface area (Å²) in [5.41, 5.74) is 1.59. The molecule has 1 atom stereocenters. The summed E-state index contributed by atoms with van der Waals surface area (Å²) in [7, 11) is 0. The van der Waals surface area contributed by atoms with E-state index in [0.717, 1.165) is 36.5 Å². The third-order valence-corrected chi connectivity index (χ3v) is 5.02. The van der Waals surface area contributed by atoms with Crippen LogP contribution in [0.1, 0.15) is 12.0 Å². The lowest BCUT2D eigenvalue weighted by molar-refractivity contribution is 0.0436. The van der Waals surface area contributed by atoms with Gasteiger partial charge in [-0.2, -0.15) is 0 Å². The molecule has 0 radical (unpaired) electrons. The molecule has 29 heavy (non-hydrogen) atoms. The summed E-state index contributed by atoms with van der Waals surface area (Å²) >= 11 is 0. The van der Waals surface area contributed by atoms with E-state index in [9.17, 15) is 5.11 Å². The molecule has 2 N–H and O–H groups in total. The van der Waals surface area contributed by atoms with Crippen molar-refractivity contribution in [2.24, 2.45) is 0 Å². The number of aromatic nitrogens is 2. The zero-order chi connectivity index (χ0) is 18.5. The van der Waals surface area contributed by atoms with E-state index in [-0.39, 0.29) is 24.8 Å². The number of nitrogens with zero attached hydrogens (tertiary/aromatic N) is 2. The van der Waals surface area contributed by atoms with Crippen LogP contribution in [0.4, 0.5) is 0 Å². The topological polar surface area (TPSA) is 59.3 Å². The fraction of sp³-hybridized carbons (Fsp3) is 0.318. The van der Waals surface area contributed by atoms with E-state index >= 15 is 0 Å². The molecular formula is C22H27Cl2N3O2. The van der Waals surface area contributed by atoms with Crippen LogP contribution in [-0.2, 0) is 13.0 Å². The molecule has 4 rings (SSSR count). The maximum Gasteiger partial charge on any atom is 0.139 e. The third-order valence-electron chi connectivity index (χ3n) is 5.02. The molecule has 0 aliphatic carbocycles. The SMILES string of the molecule is Cl.Cl.OC1(Cn2ccnc2-c2ccc(OCCc3ccccc3)cc2)CCNC1. The van der Waals surface area contributed by atoms with Crippen molar-refractivity contribution < 1.29 is 9.84 Å². The molecule has 0 spiro atoms. The molecule has 0 bridgehead atoms. The first-order valence-corrected chi connectivity index (χ1v) is 9.43. The van der Waals surface area contributed by atoms with Gasteiger partial charge in [0.15, 0.2) is 0 Å². The number of benzene rings is 2. The molecule has 3 aromatic rings. The average molecular weight is 436 g/mol. The summed E-state index contributed by atoms with van der Waals surface area (Å²) in [4.78, 5) is 4.48. The normalized spacial score (nSPS) is 18.0. The average Bonchev–Trinajstić information content (AvgIpc) is 3.33. The second-order valence-electron chi connectivity index (χ2n) is 7.14. The van der Waals surface area contributed by atoms with Gasteiger partial charge in [0, 0.05) is 30.9 Å². The predicted octanol–water partition coefficient (Wildman–Crippen LogP) is 3.74. The van der Waals surface area contributed by atoms with Gasteiger partial charge in [0.2, 0.25) is 0 Å². The summed E-state index contributed by atoms with van der Waals surface area (Å²) in [5.74, 6) is 1.72. The Bertz CT molecular complexity index is 863. The Labute approximate surface area is 183 Å². The molecule has 1 aliphatic rings. The minimum Gasteiger partial charge on any atom is -0.493 e. The highest BCUT2D eigenvalue weighted by Crippen LogP contribution is 2.24. The van der Waals surface area contributed by atoms with Crippen LogP contribution in [0.5, 0.6) is 5.75 Å². The van der Waals surface area contributed by atoms with Crippen molar-refractivity contribution in [2.45, 2.75) is 25.0 Å². The number of hydrogen-bond acceptors (Lipinski definition) is 4. The van der Waals surface area contributed by atoms with Crippen molar-refractivity contribution in [2.75, 3.05) is 19.7 Å². The number of halogens is 2. The minimum absolute atomic E-state index is 0. The molecule has 1 fully saturated rings. The van der Waals surface area contributed by atoms with E-state index in [2.05, 4.69) is 22.4 Å². The molecule has 2 heterocycles. The lowest BCUT2D eigenvalue weighted by atomic mass is 10.0. The van der Waals surface area contributed by atoms with Crippen molar-refractivity contribution in [1.29, 1.82) is 0 Å². The van der Waals surface area contributed by atoms with Gasteiger partial charge in [0.05, 0.1) is 18.8 Å². The lowest BCUT2D eigenvalue weighted by Gasteiger charge is -2.23. The number of nitrogens with one attached hydrogen (secondary N) is 1. The molecule has 1 saturated heterocycles. The summed E-state index contributed by atoms with van der Waals surface area (Å²) in [6.45, 7) is 2.68. The van der Waals surface area contributed by atoms with Crippen LogP contribution in [0.25, 0.3) is 11.4 Å². The smallest absolute Gasteiger partial charge is 0.139 e. The van der Waals surface area contributed by atoms with Gasteiger partial charge in [-0.05, 0) is 42.8 Å². The first-order valence-electron chi connectivity index (χ1n) is 9.43. The number of rotatable bonds is 7. The molecule has 0 saturated carbocycles. The van der Waals surface area contributed by atoms with E-state index in [1.807, 2.05) is 53.2 Å². The summed E-state index contributed by atoms with van der Waals surface area (Å²) in [6.07, 6.45) is 5.36. The van der Waals surface area contributed by atoms with Crippen molar-refractivity contribution in [3.05, 3.63) is 72.6 Å². The quantitative estimate of drug-likeness (QED) is 0.593. The van der Waals surface area contributed by atoms with Gasteiger partial charge in [-0.3, -0.25) is 0 Å². The largest absolute Gasteiger partial charge is 0.493 e. The molecule has 1 aromatic heterocycles. The molecular weight excluding hydrogens is 409 g/mol. The zero-order valence-corrected chi connectivity index (χ0v) is 17.8. The van der Waals surface area contributed by atoms with Gasteiger partial charge in [-0.25, -0.2) is 4.98 Å². The van der Waals surface area contributed by atoms with E-state index in [0.29, 0.717) is 19.7 Å². The van der Waals surface area contributed by atoms with E-state index in [1.54, 1.807) is 6.20 Å². The number of ether oxygens (including phenoxy) is 1. The van der Waals surface area contributed by atoms with E-state index in [4.69, 9.17) is 4.74 Å². The highest BCUT2D eigenvalue weighted by molar-refractivity contribution is 5.85. The minimum atomic E-state index is -0.698. The second-order valence-corrected chi connectivity index (χ2v) is 7.14.